The van der Waals surface area contributed by atoms with Gasteiger partial charge >= 0.3 is 0 Å². The molecule has 0 atom stereocenters. The molecule has 1 aromatic carbocycles. The van der Waals surface area contributed by atoms with Gasteiger partial charge in [0.2, 0.25) is 0 Å². The Morgan fingerprint density at radius 1 is 1.12 bits per heavy atom. The summed E-state index contributed by atoms with van der Waals surface area (Å²) < 4.78 is 0.527. The molecule has 4 nitrogen and oxygen atoms in total. The average Bonchev–Trinajstić information content (AvgIpc) is 2.51. The molecule has 7 heteroatoms. The smallest absolute Gasteiger partial charge is 0.143 e. The van der Waals surface area contributed by atoms with E-state index in [1.165, 1.54) is 17.8 Å². The first kappa shape index (κ1) is 12.2. The van der Waals surface area contributed by atoms with Crippen LogP contribution in [0.3, 0.4) is 0 Å². The van der Waals surface area contributed by atoms with E-state index in [0.29, 0.717) is 14.2 Å². The molecule has 17 heavy (non-hydrogen) atoms. The van der Waals surface area contributed by atoms with Crippen molar-refractivity contribution in [3.8, 4) is 17.2 Å². The monoisotopic (exact) mass is 285 g/mol. The fourth-order valence-corrected chi connectivity index (χ4v) is 2.77. The summed E-state index contributed by atoms with van der Waals surface area (Å²) >= 11 is 11.2. The average molecular weight is 285 g/mol. The van der Waals surface area contributed by atoms with Crippen molar-refractivity contribution >= 4 is 51.6 Å². The standard InChI is InChI=1S/C10H7NO3S3/c12-4-1-6(13)5(7(14)2-4)3-8-9(15)11-10(16)17-8/h1-3,12-14H,(H,11,15,16). The number of phenols is 3. The highest BCUT2D eigenvalue weighted by Crippen LogP contribution is 2.36. The van der Waals surface area contributed by atoms with E-state index in [2.05, 4.69) is 5.32 Å². The van der Waals surface area contributed by atoms with E-state index in [0.717, 1.165) is 12.1 Å². The van der Waals surface area contributed by atoms with Crippen molar-refractivity contribution in [1.29, 1.82) is 0 Å². The maximum absolute atomic E-state index is 9.61. The predicted molar refractivity (Wildman–Crippen MR) is 75.3 cm³/mol. The molecule has 0 saturated carbocycles. The van der Waals surface area contributed by atoms with Gasteiger partial charge in [-0.05, 0) is 6.08 Å². The van der Waals surface area contributed by atoms with Gasteiger partial charge < -0.3 is 20.6 Å². The van der Waals surface area contributed by atoms with Gasteiger partial charge in [-0.1, -0.05) is 36.2 Å². The molecule has 1 fully saturated rings. The van der Waals surface area contributed by atoms with Crippen LogP contribution in [0.15, 0.2) is 17.0 Å². The minimum atomic E-state index is -0.226. The molecule has 1 aliphatic rings. The van der Waals surface area contributed by atoms with Gasteiger partial charge in [-0.3, -0.25) is 0 Å². The van der Waals surface area contributed by atoms with Crippen LogP contribution in [0, 0.1) is 0 Å². The van der Waals surface area contributed by atoms with Crippen LogP contribution in [-0.4, -0.2) is 24.6 Å². The number of benzene rings is 1. The quantitative estimate of drug-likeness (QED) is 0.465. The summed E-state index contributed by atoms with van der Waals surface area (Å²) in [6.07, 6.45) is 1.52. The van der Waals surface area contributed by atoms with E-state index < -0.39 is 0 Å². The van der Waals surface area contributed by atoms with Crippen LogP contribution in [0.25, 0.3) is 6.08 Å². The third kappa shape index (κ3) is 2.51. The maximum Gasteiger partial charge on any atom is 0.143 e. The molecular formula is C10H7NO3S3. The molecule has 0 aliphatic carbocycles. The predicted octanol–water partition coefficient (Wildman–Crippen LogP) is 2.09. The Balaban J connectivity index is 2.46. The van der Waals surface area contributed by atoms with Crippen molar-refractivity contribution in [2.24, 2.45) is 0 Å². The van der Waals surface area contributed by atoms with Crippen LogP contribution in [0.4, 0.5) is 0 Å². The Kier molecular flexibility index (Phi) is 3.23. The Bertz CT molecular complexity index is 531. The molecule has 1 aliphatic heterocycles. The molecule has 0 spiro atoms. The van der Waals surface area contributed by atoms with Gasteiger partial charge in [0.1, 0.15) is 26.6 Å². The number of thiocarbonyl (C=S) groups is 2. The summed E-state index contributed by atoms with van der Waals surface area (Å²) in [5.41, 5.74) is 0.194. The second-order valence-electron chi connectivity index (χ2n) is 3.25. The second kappa shape index (κ2) is 4.52. The Morgan fingerprint density at radius 2 is 1.71 bits per heavy atom. The van der Waals surface area contributed by atoms with Crippen molar-refractivity contribution in [2.45, 2.75) is 0 Å². The zero-order valence-corrected chi connectivity index (χ0v) is 10.7. The number of hydrogen-bond acceptors (Lipinski definition) is 6. The fourth-order valence-electron chi connectivity index (χ4n) is 1.31. The van der Waals surface area contributed by atoms with E-state index >= 15 is 0 Å². The molecule has 4 N–H and O–H groups in total. The Morgan fingerprint density at radius 3 is 2.18 bits per heavy atom. The lowest BCUT2D eigenvalue weighted by atomic mass is 10.1. The first-order valence-corrected chi connectivity index (χ1v) is 6.10. The fraction of sp³-hybridized carbons (Fsp3) is 0. The molecule has 1 heterocycles. The van der Waals surface area contributed by atoms with E-state index in [4.69, 9.17) is 29.5 Å². The van der Waals surface area contributed by atoms with Gasteiger partial charge in [-0.2, -0.15) is 0 Å². The van der Waals surface area contributed by atoms with Crippen LogP contribution in [-0.2, 0) is 0 Å². The highest BCUT2D eigenvalue weighted by atomic mass is 32.2. The molecule has 0 radical (unpaired) electrons. The van der Waals surface area contributed by atoms with Crippen LogP contribution in [0.1, 0.15) is 5.56 Å². The van der Waals surface area contributed by atoms with Gasteiger partial charge in [0, 0.05) is 12.1 Å². The number of aromatic hydroxyl groups is 3. The first-order valence-electron chi connectivity index (χ1n) is 4.47. The Labute approximate surface area is 112 Å². The van der Waals surface area contributed by atoms with Crippen LogP contribution in [0.5, 0.6) is 17.2 Å². The molecule has 1 saturated heterocycles. The van der Waals surface area contributed by atoms with Crippen LogP contribution < -0.4 is 5.32 Å². The lowest BCUT2D eigenvalue weighted by Gasteiger charge is -2.04. The number of phenolic OH excluding ortho intramolecular Hbond substituents is 3. The van der Waals surface area contributed by atoms with Crippen LogP contribution in [0.2, 0.25) is 0 Å². The number of hydrogen-bond donors (Lipinski definition) is 4. The van der Waals surface area contributed by atoms with Crippen molar-refractivity contribution in [2.75, 3.05) is 0 Å². The van der Waals surface area contributed by atoms with E-state index in [-0.39, 0.29) is 22.8 Å². The number of rotatable bonds is 1. The molecule has 1 aromatic rings. The first-order chi connectivity index (χ1) is 7.97. The summed E-state index contributed by atoms with van der Waals surface area (Å²) in [5, 5.41) is 31.2. The molecular weight excluding hydrogens is 278 g/mol. The van der Waals surface area contributed by atoms with Gasteiger partial charge in [-0.25, -0.2) is 0 Å². The second-order valence-corrected chi connectivity index (χ2v) is 5.38. The maximum atomic E-state index is 9.61. The Hall–Kier alpha value is -1.31. The lowest BCUT2D eigenvalue weighted by molar-refractivity contribution is 0.426. The SMILES string of the molecule is Oc1cc(O)c(C=C2SC(=S)NC2=S)c(O)c1. The molecule has 0 bridgehead atoms. The van der Waals surface area contributed by atoms with Gasteiger partial charge in [0.25, 0.3) is 0 Å². The molecule has 2 rings (SSSR count). The minimum absolute atomic E-state index is 0.194. The van der Waals surface area contributed by atoms with Crippen molar-refractivity contribution < 1.29 is 15.3 Å². The van der Waals surface area contributed by atoms with E-state index in [9.17, 15) is 10.2 Å². The highest BCUT2D eigenvalue weighted by Gasteiger charge is 2.20. The van der Waals surface area contributed by atoms with Crippen molar-refractivity contribution in [1.82, 2.24) is 5.32 Å². The number of nitrogens with one attached hydrogen (secondary N) is 1. The lowest BCUT2D eigenvalue weighted by Crippen LogP contribution is -2.15. The number of thioether (sulfide) groups is 1. The third-order valence-corrected chi connectivity index (χ3v) is 3.67. The van der Waals surface area contributed by atoms with Crippen LogP contribution >= 0.6 is 36.2 Å². The van der Waals surface area contributed by atoms with Crippen molar-refractivity contribution in [3.05, 3.63) is 22.6 Å². The van der Waals surface area contributed by atoms with Crippen molar-refractivity contribution in [3.63, 3.8) is 0 Å². The molecule has 0 unspecified atom stereocenters. The summed E-state index contributed by atoms with van der Waals surface area (Å²) in [4.78, 5) is 1.09. The molecule has 0 aromatic heterocycles. The zero-order chi connectivity index (χ0) is 12.6. The zero-order valence-electron chi connectivity index (χ0n) is 8.30. The van der Waals surface area contributed by atoms with E-state index in [1.54, 1.807) is 0 Å². The largest absolute Gasteiger partial charge is 0.508 e. The summed E-state index contributed by atoms with van der Waals surface area (Å²) in [5.74, 6) is -0.662. The minimum Gasteiger partial charge on any atom is -0.508 e. The third-order valence-electron chi connectivity index (χ3n) is 2.04. The molecule has 0 amide bonds. The van der Waals surface area contributed by atoms with E-state index in [1.807, 2.05) is 0 Å². The summed E-state index contributed by atoms with van der Waals surface area (Å²) in [6.45, 7) is 0. The highest BCUT2D eigenvalue weighted by molar-refractivity contribution is 8.27. The van der Waals surface area contributed by atoms with Gasteiger partial charge in [0.05, 0.1) is 10.5 Å². The molecule has 88 valence electrons. The van der Waals surface area contributed by atoms with Gasteiger partial charge in [0.15, 0.2) is 0 Å². The topological polar surface area (TPSA) is 72.7 Å². The van der Waals surface area contributed by atoms with Gasteiger partial charge in [-0.15, -0.1) is 0 Å². The summed E-state index contributed by atoms with van der Waals surface area (Å²) in [6, 6.07) is 2.28. The summed E-state index contributed by atoms with van der Waals surface area (Å²) in [7, 11) is 0. The normalized spacial score (nSPS) is 17.5.